The zero-order valence-electron chi connectivity index (χ0n) is 10.7. The Morgan fingerprint density at radius 1 is 1.37 bits per heavy atom. The number of hydrogen-bond donors (Lipinski definition) is 1. The first-order valence-electron chi connectivity index (χ1n) is 5.93. The Kier molecular flexibility index (Phi) is 4.52. The molecule has 2 aromatic rings. The van der Waals surface area contributed by atoms with Gasteiger partial charge in [0.2, 0.25) is 0 Å². The molecule has 0 atom stereocenters. The molecule has 100 valence electrons. The molecule has 2 N–H and O–H groups in total. The molecule has 0 fully saturated rings. The minimum absolute atomic E-state index is 0.340. The van der Waals surface area contributed by atoms with Crippen LogP contribution in [0.1, 0.15) is 10.5 Å². The number of nitrogens with two attached hydrogens (primary N) is 1. The lowest BCUT2D eigenvalue weighted by Crippen LogP contribution is -2.11. The first kappa shape index (κ1) is 13.5. The SMILES string of the molecule is Cn1cc(N)cc1C(=O)OCCSc1ccccc1. The van der Waals surface area contributed by atoms with Crippen molar-refractivity contribution in [1.82, 2.24) is 4.57 Å². The second kappa shape index (κ2) is 6.33. The lowest BCUT2D eigenvalue weighted by molar-refractivity contribution is 0.0519. The molecule has 0 unspecified atom stereocenters. The summed E-state index contributed by atoms with van der Waals surface area (Å²) in [7, 11) is 1.77. The average Bonchev–Trinajstić information content (AvgIpc) is 2.75. The Hall–Kier alpha value is -1.88. The number of esters is 1. The third-order valence-electron chi connectivity index (χ3n) is 2.56. The van der Waals surface area contributed by atoms with E-state index in [4.69, 9.17) is 10.5 Å². The van der Waals surface area contributed by atoms with Crippen molar-refractivity contribution in [3.8, 4) is 0 Å². The van der Waals surface area contributed by atoms with Gasteiger partial charge in [-0.15, -0.1) is 11.8 Å². The van der Waals surface area contributed by atoms with Gasteiger partial charge < -0.3 is 15.0 Å². The maximum atomic E-state index is 11.8. The molecule has 1 aromatic carbocycles. The number of hydrogen-bond acceptors (Lipinski definition) is 4. The molecular weight excluding hydrogens is 260 g/mol. The van der Waals surface area contributed by atoms with E-state index in [9.17, 15) is 4.79 Å². The number of carbonyl (C=O) groups is 1. The van der Waals surface area contributed by atoms with Gasteiger partial charge in [-0.3, -0.25) is 0 Å². The van der Waals surface area contributed by atoms with Crippen LogP contribution in [0.3, 0.4) is 0 Å². The Labute approximate surface area is 116 Å². The van der Waals surface area contributed by atoms with Crippen LogP contribution in [-0.2, 0) is 11.8 Å². The fourth-order valence-corrected chi connectivity index (χ4v) is 2.43. The molecule has 2 rings (SSSR count). The Morgan fingerprint density at radius 2 is 2.11 bits per heavy atom. The van der Waals surface area contributed by atoms with Crippen LogP contribution in [0.15, 0.2) is 47.5 Å². The molecule has 0 radical (unpaired) electrons. The molecule has 0 bridgehead atoms. The number of aromatic nitrogens is 1. The van der Waals surface area contributed by atoms with Gasteiger partial charge >= 0.3 is 5.97 Å². The first-order valence-corrected chi connectivity index (χ1v) is 6.92. The van der Waals surface area contributed by atoms with E-state index in [0.29, 0.717) is 18.0 Å². The van der Waals surface area contributed by atoms with Crippen LogP contribution >= 0.6 is 11.8 Å². The third-order valence-corrected chi connectivity index (χ3v) is 3.54. The standard InChI is InChI=1S/C14H16N2O2S/c1-16-10-11(15)9-13(16)14(17)18-7-8-19-12-5-3-2-4-6-12/h2-6,9-10H,7-8,15H2,1H3. The average molecular weight is 276 g/mol. The number of nitrogen functional groups attached to an aromatic ring is 1. The molecule has 0 aliphatic rings. The third kappa shape index (κ3) is 3.79. The second-order valence-corrected chi connectivity index (χ2v) is 5.24. The lowest BCUT2D eigenvalue weighted by atomic mass is 10.4. The summed E-state index contributed by atoms with van der Waals surface area (Å²) in [6.45, 7) is 0.378. The maximum Gasteiger partial charge on any atom is 0.355 e. The van der Waals surface area contributed by atoms with Gasteiger partial charge in [0.1, 0.15) is 12.3 Å². The molecule has 0 aliphatic heterocycles. The fourth-order valence-electron chi connectivity index (χ4n) is 1.68. The zero-order valence-corrected chi connectivity index (χ0v) is 11.5. The monoisotopic (exact) mass is 276 g/mol. The van der Waals surface area contributed by atoms with Crippen LogP contribution in [0.4, 0.5) is 5.69 Å². The normalized spacial score (nSPS) is 10.4. The van der Waals surface area contributed by atoms with Crippen molar-refractivity contribution in [2.24, 2.45) is 7.05 Å². The van der Waals surface area contributed by atoms with Crippen molar-refractivity contribution >= 4 is 23.4 Å². The Balaban J connectivity index is 1.77. The van der Waals surface area contributed by atoms with E-state index < -0.39 is 0 Å². The largest absolute Gasteiger partial charge is 0.460 e. The summed E-state index contributed by atoms with van der Waals surface area (Å²) in [6.07, 6.45) is 1.69. The van der Waals surface area contributed by atoms with Gasteiger partial charge in [0.15, 0.2) is 0 Å². The van der Waals surface area contributed by atoms with Gasteiger partial charge in [0, 0.05) is 23.9 Å². The number of benzene rings is 1. The molecule has 0 aliphatic carbocycles. The zero-order chi connectivity index (χ0) is 13.7. The summed E-state index contributed by atoms with van der Waals surface area (Å²) in [4.78, 5) is 13.0. The predicted octanol–water partition coefficient (Wildman–Crippen LogP) is 2.56. The van der Waals surface area contributed by atoms with E-state index in [-0.39, 0.29) is 5.97 Å². The van der Waals surface area contributed by atoms with E-state index in [2.05, 4.69) is 0 Å². The number of thioether (sulfide) groups is 1. The van der Waals surface area contributed by atoms with Crippen LogP contribution in [0, 0.1) is 0 Å². The molecule has 1 aromatic heterocycles. The van der Waals surface area contributed by atoms with Crippen molar-refractivity contribution in [2.45, 2.75) is 4.90 Å². The van der Waals surface area contributed by atoms with Gasteiger partial charge in [0.25, 0.3) is 0 Å². The van der Waals surface area contributed by atoms with Crippen molar-refractivity contribution in [2.75, 3.05) is 18.1 Å². The number of nitrogens with zero attached hydrogens (tertiary/aromatic N) is 1. The molecule has 0 saturated carbocycles. The molecule has 0 spiro atoms. The number of anilines is 1. The van der Waals surface area contributed by atoms with E-state index in [1.165, 1.54) is 4.90 Å². The molecule has 0 amide bonds. The number of rotatable bonds is 5. The van der Waals surface area contributed by atoms with E-state index >= 15 is 0 Å². The van der Waals surface area contributed by atoms with Crippen molar-refractivity contribution in [3.63, 3.8) is 0 Å². The smallest absolute Gasteiger partial charge is 0.355 e. The molecule has 0 saturated heterocycles. The highest BCUT2D eigenvalue weighted by Gasteiger charge is 2.11. The van der Waals surface area contributed by atoms with Crippen LogP contribution in [0.25, 0.3) is 0 Å². The Bertz CT molecular complexity index is 552. The molecule has 19 heavy (non-hydrogen) atoms. The fraction of sp³-hybridized carbons (Fsp3) is 0.214. The van der Waals surface area contributed by atoms with Crippen molar-refractivity contribution in [1.29, 1.82) is 0 Å². The number of aryl methyl sites for hydroxylation is 1. The highest BCUT2D eigenvalue weighted by Crippen LogP contribution is 2.17. The van der Waals surface area contributed by atoms with Gasteiger partial charge in [0.05, 0.1) is 5.69 Å². The van der Waals surface area contributed by atoms with E-state index in [0.717, 1.165) is 5.75 Å². The van der Waals surface area contributed by atoms with Crippen molar-refractivity contribution in [3.05, 3.63) is 48.3 Å². The van der Waals surface area contributed by atoms with E-state index in [1.54, 1.807) is 35.6 Å². The molecule has 5 heteroatoms. The van der Waals surface area contributed by atoms with Gasteiger partial charge in [-0.25, -0.2) is 4.79 Å². The molecule has 4 nitrogen and oxygen atoms in total. The predicted molar refractivity (Wildman–Crippen MR) is 77.3 cm³/mol. The Morgan fingerprint density at radius 3 is 2.74 bits per heavy atom. The van der Waals surface area contributed by atoms with Crippen LogP contribution < -0.4 is 5.73 Å². The maximum absolute atomic E-state index is 11.8. The summed E-state index contributed by atoms with van der Waals surface area (Å²) in [5.41, 5.74) is 6.65. The minimum atomic E-state index is -0.340. The minimum Gasteiger partial charge on any atom is -0.460 e. The topological polar surface area (TPSA) is 57.2 Å². The first-order chi connectivity index (χ1) is 9.16. The second-order valence-electron chi connectivity index (χ2n) is 4.07. The van der Waals surface area contributed by atoms with Gasteiger partial charge in [-0.1, -0.05) is 18.2 Å². The highest BCUT2D eigenvalue weighted by atomic mass is 32.2. The summed E-state index contributed by atoms with van der Waals surface area (Å²) >= 11 is 1.66. The lowest BCUT2D eigenvalue weighted by Gasteiger charge is -2.05. The molecule has 1 heterocycles. The summed E-state index contributed by atoms with van der Waals surface area (Å²) in [5, 5.41) is 0. The quantitative estimate of drug-likeness (QED) is 0.518. The summed E-state index contributed by atoms with van der Waals surface area (Å²) < 4.78 is 6.88. The van der Waals surface area contributed by atoms with E-state index in [1.807, 2.05) is 30.3 Å². The number of ether oxygens (including phenoxy) is 1. The highest BCUT2D eigenvalue weighted by molar-refractivity contribution is 7.99. The van der Waals surface area contributed by atoms with Crippen molar-refractivity contribution < 1.29 is 9.53 Å². The molecular formula is C14H16N2O2S. The van der Waals surface area contributed by atoms with Crippen LogP contribution in [0.2, 0.25) is 0 Å². The number of carbonyl (C=O) groups excluding carboxylic acids is 1. The van der Waals surface area contributed by atoms with Gasteiger partial charge in [-0.05, 0) is 18.2 Å². The van der Waals surface area contributed by atoms with Crippen LogP contribution in [0.5, 0.6) is 0 Å². The summed E-state index contributed by atoms with van der Waals surface area (Å²) in [6, 6.07) is 11.6. The van der Waals surface area contributed by atoms with Crippen LogP contribution in [-0.4, -0.2) is 22.9 Å². The van der Waals surface area contributed by atoms with Gasteiger partial charge in [-0.2, -0.15) is 0 Å². The summed E-state index contributed by atoms with van der Waals surface area (Å²) in [5.74, 6) is 0.392.